The zero-order chi connectivity index (χ0) is 20.3. The van der Waals surface area contributed by atoms with Gasteiger partial charge in [0.1, 0.15) is 6.04 Å². The van der Waals surface area contributed by atoms with Gasteiger partial charge in [0.25, 0.3) is 0 Å². The van der Waals surface area contributed by atoms with Crippen molar-refractivity contribution in [2.24, 2.45) is 0 Å². The van der Waals surface area contributed by atoms with E-state index in [1.807, 2.05) is 25.1 Å². The van der Waals surface area contributed by atoms with E-state index in [1.54, 1.807) is 24.3 Å². The summed E-state index contributed by atoms with van der Waals surface area (Å²) in [7, 11) is -3.68. The van der Waals surface area contributed by atoms with Gasteiger partial charge in [0.2, 0.25) is 15.9 Å². The van der Waals surface area contributed by atoms with Gasteiger partial charge in [-0.05, 0) is 55.0 Å². The van der Waals surface area contributed by atoms with E-state index in [0.29, 0.717) is 17.1 Å². The van der Waals surface area contributed by atoms with Crippen molar-refractivity contribution < 1.29 is 13.2 Å². The molecular weight excluding hydrogens is 396 g/mol. The number of carbonyl (C=O) groups is 1. The zero-order valence-corrected chi connectivity index (χ0v) is 17.6. The fourth-order valence-corrected chi connectivity index (χ4v) is 5.23. The normalized spacial score (nSPS) is 17.5. The summed E-state index contributed by atoms with van der Waals surface area (Å²) in [5.41, 5.74) is 2.74. The molecule has 0 aromatic heterocycles. The number of rotatable bonds is 6. The molecule has 28 heavy (non-hydrogen) atoms. The molecule has 0 aliphatic heterocycles. The predicted octanol–water partition coefficient (Wildman–Crippen LogP) is 4.08. The van der Waals surface area contributed by atoms with E-state index >= 15 is 0 Å². The molecule has 2 atom stereocenters. The Hall–Kier alpha value is -2.05. The molecular formula is C21H25ClN2O3S. The third kappa shape index (κ3) is 4.50. The number of hydrogen-bond donors (Lipinski definition) is 1. The van der Waals surface area contributed by atoms with Gasteiger partial charge in [0, 0.05) is 5.02 Å². The highest BCUT2D eigenvalue weighted by Gasteiger charge is 2.33. The van der Waals surface area contributed by atoms with Crippen LogP contribution in [-0.4, -0.2) is 26.6 Å². The molecule has 3 rings (SSSR count). The van der Waals surface area contributed by atoms with E-state index in [2.05, 4.69) is 11.4 Å². The summed E-state index contributed by atoms with van der Waals surface area (Å²) in [5, 5.41) is 3.50. The molecule has 0 spiro atoms. The number of fused-ring (bicyclic) bond motifs is 1. The van der Waals surface area contributed by atoms with E-state index in [9.17, 15) is 13.2 Å². The van der Waals surface area contributed by atoms with Crippen LogP contribution >= 0.6 is 11.6 Å². The fourth-order valence-electron chi connectivity index (χ4n) is 3.85. The Kier molecular flexibility index (Phi) is 6.30. The number of carbonyl (C=O) groups excluding carboxylic acids is 1. The second-order valence-electron chi connectivity index (χ2n) is 7.11. The molecule has 5 nitrogen and oxygen atoms in total. The Bertz CT molecular complexity index is 962. The minimum Gasteiger partial charge on any atom is -0.347 e. The van der Waals surface area contributed by atoms with Gasteiger partial charge in [-0.1, -0.05) is 48.9 Å². The molecule has 2 aromatic rings. The number of hydrogen-bond acceptors (Lipinski definition) is 3. The lowest BCUT2D eigenvalue weighted by Crippen LogP contribution is -2.50. The van der Waals surface area contributed by atoms with Gasteiger partial charge < -0.3 is 5.32 Å². The number of amides is 1. The second-order valence-corrected chi connectivity index (χ2v) is 9.41. The SMILES string of the molecule is CC[C@H](C(=O)N[C@H]1CCCc2ccccc21)N(c1cccc(Cl)c1)S(C)(=O)=O. The van der Waals surface area contributed by atoms with Crippen LogP contribution in [-0.2, 0) is 21.2 Å². The molecule has 0 saturated heterocycles. The van der Waals surface area contributed by atoms with Crippen molar-refractivity contribution in [2.75, 3.05) is 10.6 Å². The van der Waals surface area contributed by atoms with E-state index in [1.165, 1.54) is 9.87 Å². The number of sulfonamides is 1. The molecule has 1 aliphatic carbocycles. The Morgan fingerprint density at radius 1 is 1.25 bits per heavy atom. The molecule has 0 bridgehead atoms. The first-order valence-electron chi connectivity index (χ1n) is 9.44. The number of halogens is 1. The highest BCUT2D eigenvalue weighted by molar-refractivity contribution is 7.92. The van der Waals surface area contributed by atoms with Crippen LogP contribution in [0.5, 0.6) is 0 Å². The summed E-state index contributed by atoms with van der Waals surface area (Å²) in [6.07, 6.45) is 4.29. The van der Waals surface area contributed by atoms with Crippen molar-refractivity contribution >= 4 is 33.2 Å². The van der Waals surface area contributed by atoms with Crippen LogP contribution in [0.15, 0.2) is 48.5 Å². The average molecular weight is 421 g/mol. The van der Waals surface area contributed by atoms with Crippen LogP contribution in [0.3, 0.4) is 0 Å². The maximum Gasteiger partial charge on any atom is 0.244 e. The minimum atomic E-state index is -3.68. The Labute approximate surface area is 171 Å². The lowest BCUT2D eigenvalue weighted by molar-refractivity contribution is -0.123. The van der Waals surface area contributed by atoms with E-state index in [-0.39, 0.29) is 11.9 Å². The van der Waals surface area contributed by atoms with Gasteiger partial charge in [-0.3, -0.25) is 9.10 Å². The number of nitrogens with one attached hydrogen (secondary N) is 1. The molecule has 2 aromatic carbocycles. The van der Waals surface area contributed by atoms with Crippen molar-refractivity contribution in [3.63, 3.8) is 0 Å². The third-order valence-corrected chi connectivity index (χ3v) is 6.49. The van der Waals surface area contributed by atoms with E-state index in [0.717, 1.165) is 31.1 Å². The van der Waals surface area contributed by atoms with Crippen LogP contribution < -0.4 is 9.62 Å². The van der Waals surface area contributed by atoms with Crippen LogP contribution in [0, 0.1) is 0 Å². The Morgan fingerprint density at radius 2 is 2.00 bits per heavy atom. The first kappa shape index (κ1) is 20.7. The van der Waals surface area contributed by atoms with Crippen LogP contribution in [0.4, 0.5) is 5.69 Å². The maximum atomic E-state index is 13.1. The Balaban J connectivity index is 1.90. The van der Waals surface area contributed by atoms with Crippen molar-refractivity contribution in [1.82, 2.24) is 5.32 Å². The molecule has 0 heterocycles. The molecule has 0 saturated carbocycles. The van der Waals surface area contributed by atoms with Gasteiger partial charge in [-0.15, -0.1) is 0 Å². The molecule has 7 heteroatoms. The molecule has 150 valence electrons. The molecule has 1 amide bonds. The van der Waals surface area contributed by atoms with Crippen molar-refractivity contribution in [2.45, 2.75) is 44.7 Å². The summed E-state index contributed by atoms with van der Waals surface area (Å²) >= 11 is 6.06. The summed E-state index contributed by atoms with van der Waals surface area (Å²) < 4.78 is 26.3. The number of anilines is 1. The topological polar surface area (TPSA) is 66.5 Å². The van der Waals surface area contributed by atoms with Crippen LogP contribution in [0.25, 0.3) is 0 Å². The first-order valence-corrected chi connectivity index (χ1v) is 11.7. The predicted molar refractivity (Wildman–Crippen MR) is 113 cm³/mol. The highest BCUT2D eigenvalue weighted by Crippen LogP contribution is 2.30. The molecule has 0 unspecified atom stereocenters. The number of nitrogens with zero attached hydrogens (tertiary/aromatic N) is 1. The summed E-state index contributed by atoms with van der Waals surface area (Å²) in [4.78, 5) is 13.1. The molecule has 1 N–H and O–H groups in total. The van der Waals surface area contributed by atoms with Crippen LogP contribution in [0.1, 0.15) is 43.4 Å². The monoisotopic (exact) mass is 420 g/mol. The van der Waals surface area contributed by atoms with E-state index in [4.69, 9.17) is 11.6 Å². The van der Waals surface area contributed by atoms with Gasteiger partial charge in [0.15, 0.2) is 0 Å². The van der Waals surface area contributed by atoms with Gasteiger partial charge in [0.05, 0.1) is 18.0 Å². The van der Waals surface area contributed by atoms with Gasteiger partial charge >= 0.3 is 0 Å². The molecule has 1 aliphatic rings. The van der Waals surface area contributed by atoms with Crippen LogP contribution in [0.2, 0.25) is 5.02 Å². The Morgan fingerprint density at radius 3 is 2.68 bits per heavy atom. The zero-order valence-electron chi connectivity index (χ0n) is 16.1. The quantitative estimate of drug-likeness (QED) is 0.765. The third-order valence-electron chi connectivity index (χ3n) is 5.08. The summed E-state index contributed by atoms with van der Waals surface area (Å²) in [6.45, 7) is 1.81. The minimum absolute atomic E-state index is 0.104. The number of benzene rings is 2. The van der Waals surface area contributed by atoms with Gasteiger partial charge in [-0.2, -0.15) is 0 Å². The lowest BCUT2D eigenvalue weighted by atomic mass is 9.87. The standard InChI is InChI=1S/C21H25ClN2O3S/c1-3-20(24(28(2,26)27)17-11-7-10-16(22)14-17)21(25)23-19-13-6-9-15-8-4-5-12-18(15)19/h4-5,7-8,10-12,14,19-20H,3,6,9,13H2,1-2H3,(H,23,25)/t19-,20+/m0/s1. The fraction of sp³-hybridized carbons (Fsp3) is 0.381. The first-order chi connectivity index (χ1) is 13.3. The van der Waals surface area contributed by atoms with Crippen molar-refractivity contribution in [3.8, 4) is 0 Å². The summed E-state index contributed by atoms with van der Waals surface area (Å²) in [5.74, 6) is -0.297. The molecule has 0 radical (unpaired) electrons. The smallest absolute Gasteiger partial charge is 0.244 e. The second kappa shape index (κ2) is 8.53. The van der Waals surface area contributed by atoms with Crippen molar-refractivity contribution in [1.29, 1.82) is 0 Å². The number of aryl methyl sites for hydroxylation is 1. The molecule has 0 fully saturated rings. The highest BCUT2D eigenvalue weighted by atomic mass is 35.5. The average Bonchev–Trinajstić information content (AvgIpc) is 2.65. The van der Waals surface area contributed by atoms with E-state index < -0.39 is 16.1 Å². The largest absolute Gasteiger partial charge is 0.347 e. The van der Waals surface area contributed by atoms with Crippen molar-refractivity contribution in [3.05, 3.63) is 64.7 Å². The maximum absolute atomic E-state index is 13.1. The van der Waals surface area contributed by atoms with Gasteiger partial charge in [-0.25, -0.2) is 8.42 Å². The lowest BCUT2D eigenvalue weighted by Gasteiger charge is -2.33. The summed E-state index contributed by atoms with van der Waals surface area (Å²) in [6, 6.07) is 13.7.